The topological polar surface area (TPSA) is 124 Å². The number of carbonyl (C=O) groups is 1. The molecule has 0 spiro atoms. The number of urea groups is 1. The Labute approximate surface area is 169 Å². The molecule has 156 valence electrons. The van der Waals surface area contributed by atoms with Crippen LogP contribution in [0.2, 0.25) is 0 Å². The molecule has 1 aliphatic rings. The molecule has 1 fully saturated rings. The average molecular weight is 420 g/mol. The Bertz CT molecular complexity index is 1050. The minimum atomic E-state index is -3.32. The molecule has 2 aromatic rings. The summed E-state index contributed by atoms with van der Waals surface area (Å²) in [7, 11) is -3.32. The predicted octanol–water partition coefficient (Wildman–Crippen LogP) is 1.54. The van der Waals surface area contributed by atoms with E-state index < -0.39 is 10.0 Å². The number of nitrogens with zero attached hydrogens (tertiary/aromatic N) is 2. The molecule has 1 atom stereocenters. The smallest absolute Gasteiger partial charge is 0.321 e. The summed E-state index contributed by atoms with van der Waals surface area (Å²) in [5, 5.41) is 2.84. The number of sulfonamides is 1. The van der Waals surface area contributed by atoms with E-state index in [1.165, 1.54) is 6.07 Å². The minimum absolute atomic E-state index is 0.223. The highest BCUT2D eigenvalue weighted by Gasteiger charge is 2.25. The van der Waals surface area contributed by atoms with E-state index >= 15 is 0 Å². The van der Waals surface area contributed by atoms with Crippen molar-refractivity contribution in [1.29, 1.82) is 0 Å². The van der Waals surface area contributed by atoms with E-state index in [0.717, 1.165) is 12.7 Å². The number of nitrogens with one attached hydrogen (secondary N) is 3. The maximum Gasteiger partial charge on any atom is 0.321 e. The van der Waals surface area contributed by atoms with E-state index in [2.05, 4.69) is 20.0 Å². The van der Waals surface area contributed by atoms with Gasteiger partial charge in [0.15, 0.2) is 0 Å². The van der Waals surface area contributed by atoms with Gasteiger partial charge in [-0.3, -0.25) is 4.79 Å². The third kappa shape index (κ3) is 5.88. The first-order chi connectivity index (χ1) is 13.7. The van der Waals surface area contributed by atoms with E-state index in [-0.39, 0.29) is 17.6 Å². The third-order valence-corrected chi connectivity index (χ3v) is 5.40. The van der Waals surface area contributed by atoms with Crippen molar-refractivity contribution in [3.05, 3.63) is 46.4 Å². The Morgan fingerprint density at radius 2 is 2.14 bits per heavy atom. The van der Waals surface area contributed by atoms with Gasteiger partial charge in [-0.2, -0.15) is 0 Å². The van der Waals surface area contributed by atoms with Crippen molar-refractivity contribution in [2.24, 2.45) is 0 Å². The van der Waals surface area contributed by atoms with Crippen LogP contribution in [0.1, 0.15) is 25.5 Å². The molecule has 3 N–H and O–H groups in total. The van der Waals surface area contributed by atoms with E-state index in [1.54, 1.807) is 29.2 Å². The van der Waals surface area contributed by atoms with Gasteiger partial charge in [-0.05, 0) is 31.4 Å². The standard InChI is InChI=1S/C19H25N5O4S/c1-3-14-11-17(25)22-18(20-14)13-6-4-7-15(10-13)21-19(26)24-9-5-8-16(12-24)23-29(2,27)28/h4,6-7,10-11,16,23H,3,5,8-9,12H2,1-2H3,(H,21,26)(H,20,22,25)/t16-/m0/s1. The highest BCUT2D eigenvalue weighted by molar-refractivity contribution is 7.88. The van der Waals surface area contributed by atoms with Crippen LogP contribution in [0.15, 0.2) is 35.1 Å². The van der Waals surface area contributed by atoms with Gasteiger partial charge in [-0.15, -0.1) is 0 Å². The van der Waals surface area contributed by atoms with Crippen LogP contribution in [0, 0.1) is 0 Å². The lowest BCUT2D eigenvalue weighted by atomic mass is 10.1. The first-order valence-corrected chi connectivity index (χ1v) is 11.4. The molecule has 10 heteroatoms. The molecule has 1 aromatic carbocycles. The van der Waals surface area contributed by atoms with Gasteiger partial charge >= 0.3 is 6.03 Å². The van der Waals surface area contributed by atoms with Gasteiger partial charge in [0.25, 0.3) is 5.56 Å². The largest absolute Gasteiger partial charge is 0.323 e. The zero-order chi connectivity index (χ0) is 21.0. The van der Waals surface area contributed by atoms with Crippen molar-refractivity contribution < 1.29 is 13.2 Å². The molecule has 2 amide bonds. The maximum absolute atomic E-state index is 12.6. The van der Waals surface area contributed by atoms with Crippen LogP contribution < -0.4 is 15.6 Å². The average Bonchev–Trinajstić information content (AvgIpc) is 2.66. The molecule has 0 bridgehead atoms. The van der Waals surface area contributed by atoms with Crippen LogP contribution in [0.4, 0.5) is 10.5 Å². The van der Waals surface area contributed by atoms with Gasteiger partial charge in [0.2, 0.25) is 10.0 Å². The number of likely N-dealkylation sites (tertiary alicyclic amines) is 1. The van der Waals surface area contributed by atoms with E-state index in [9.17, 15) is 18.0 Å². The lowest BCUT2D eigenvalue weighted by Crippen LogP contribution is -2.50. The SMILES string of the molecule is CCc1cc(=O)[nH]c(-c2cccc(NC(=O)N3CCC[C@H](NS(C)(=O)=O)C3)c2)n1. The molecule has 1 aliphatic heterocycles. The fourth-order valence-electron chi connectivity index (χ4n) is 3.33. The van der Waals surface area contributed by atoms with Crippen LogP contribution in [-0.2, 0) is 16.4 Å². The molecule has 9 nitrogen and oxygen atoms in total. The van der Waals surface area contributed by atoms with Crippen LogP contribution >= 0.6 is 0 Å². The van der Waals surface area contributed by atoms with Gasteiger partial charge in [0, 0.05) is 42.1 Å². The van der Waals surface area contributed by atoms with Crippen molar-refractivity contribution in [3.63, 3.8) is 0 Å². The van der Waals surface area contributed by atoms with Crippen LogP contribution in [0.25, 0.3) is 11.4 Å². The molecular formula is C19H25N5O4S. The summed E-state index contributed by atoms with van der Waals surface area (Å²) in [6.45, 7) is 2.79. The predicted molar refractivity (Wildman–Crippen MR) is 111 cm³/mol. The summed E-state index contributed by atoms with van der Waals surface area (Å²) in [5.74, 6) is 0.445. The summed E-state index contributed by atoms with van der Waals surface area (Å²) < 4.78 is 25.5. The number of rotatable bonds is 5. The molecular weight excluding hydrogens is 394 g/mol. The number of anilines is 1. The van der Waals surface area contributed by atoms with Crippen molar-refractivity contribution in [2.45, 2.75) is 32.2 Å². The summed E-state index contributed by atoms with van der Waals surface area (Å²) in [6.07, 6.45) is 3.17. The molecule has 0 unspecified atom stereocenters. The van der Waals surface area contributed by atoms with Gasteiger partial charge < -0.3 is 15.2 Å². The van der Waals surface area contributed by atoms with Gasteiger partial charge in [-0.1, -0.05) is 19.1 Å². The molecule has 3 rings (SSSR count). The highest BCUT2D eigenvalue weighted by Crippen LogP contribution is 2.20. The molecule has 0 aliphatic carbocycles. The summed E-state index contributed by atoms with van der Waals surface area (Å²) in [5.41, 5.74) is 1.72. The van der Waals surface area contributed by atoms with Crippen LogP contribution in [0.5, 0.6) is 0 Å². The molecule has 29 heavy (non-hydrogen) atoms. The number of hydrogen-bond donors (Lipinski definition) is 3. The number of hydrogen-bond acceptors (Lipinski definition) is 5. The lowest BCUT2D eigenvalue weighted by Gasteiger charge is -2.32. The first-order valence-electron chi connectivity index (χ1n) is 9.47. The Kier molecular flexibility index (Phi) is 6.33. The quantitative estimate of drug-likeness (QED) is 0.678. The zero-order valence-corrected chi connectivity index (χ0v) is 17.3. The highest BCUT2D eigenvalue weighted by atomic mass is 32.2. The second-order valence-corrected chi connectivity index (χ2v) is 8.91. The minimum Gasteiger partial charge on any atom is -0.323 e. The molecule has 1 aromatic heterocycles. The van der Waals surface area contributed by atoms with Crippen LogP contribution in [-0.4, -0.2) is 54.7 Å². The number of benzene rings is 1. The summed E-state index contributed by atoms with van der Waals surface area (Å²) in [4.78, 5) is 33.2. The van der Waals surface area contributed by atoms with E-state index in [4.69, 9.17) is 0 Å². The Hall–Kier alpha value is -2.72. The monoisotopic (exact) mass is 419 g/mol. The van der Waals surface area contributed by atoms with Gasteiger partial charge in [0.1, 0.15) is 5.82 Å². The van der Waals surface area contributed by atoms with Gasteiger partial charge in [-0.25, -0.2) is 22.9 Å². The molecule has 0 radical (unpaired) electrons. The Morgan fingerprint density at radius 3 is 2.86 bits per heavy atom. The molecule has 1 saturated heterocycles. The van der Waals surface area contributed by atoms with Crippen molar-refractivity contribution >= 4 is 21.7 Å². The molecule has 2 heterocycles. The number of H-pyrrole nitrogens is 1. The number of aromatic nitrogens is 2. The van der Waals surface area contributed by atoms with Gasteiger partial charge in [0.05, 0.1) is 6.26 Å². The fraction of sp³-hybridized carbons (Fsp3) is 0.421. The summed E-state index contributed by atoms with van der Waals surface area (Å²) in [6, 6.07) is 7.94. The van der Waals surface area contributed by atoms with Crippen molar-refractivity contribution in [3.8, 4) is 11.4 Å². The second kappa shape index (κ2) is 8.75. The van der Waals surface area contributed by atoms with E-state index in [1.807, 2.05) is 6.92 Å². The maximum atomic E-state index is 12.6. The Morgan fingerprint density at radius 1 is 1.34 bits per heavy atom. The zero-order valence-electron chi connectivity index (χ0n) is 16.4. The molecule has 0 saturated carbocycles. The third-order valence-electron chi connectivity index (χ3n) is 4.63. The van der Waals surface area contributed by atoms with Crippen molar-refractivity contribution in [1.82, 2.24) is 19.6 Å². The number of aromatic amines is 1. The lowest BCUT2D eigenvalue weighted by molar-refractivity contribution is 0.190. The first kappa shape index (κ1) is 21.0. The Balaban J connectivity index is 1.72. The summed E-state index contributed by atoms with van der Waals surface area (Å²) >= 11 is 0. The fourth-order valence-corrected chi connectivity index (χ4v) is 4.13. The van der Waals surface area contributed by atoms with Crippen LogP contribution in [0.3, 0.4) is 0 Å². The van der Waals surface area contributed by atoms with E-state index in [0.29, 0.717) is 48.7 Å². The number of amides is 2. The van der Waals surface area contributed by atoms with Crippen molar-refractivity contribution in [2.75, 3.05) is 24.7 Å². The number of piperidine rings is 1. The second-order valence-electron chi connectivity index (χ2n) is 7.13. The number of aryl methyl sites for hydroxylation is 1. The normalized spacial score (nSPS) is 17.2. The number of carbonyl (C=O) groups excluding carboxylic acids is 1.